The van der Waals surface area contributed by atoms with Crippen LogP contribution in [-0.4, -0.2) is 47.3 Å². The second-order valence-corrected chi connectivity index (χ2v) is 7.05. The van der Waals surface area contributed by atoms with Crippen LogP contribution in [-0.2, 0) is 19.2 Å². The monoisotopic (exact) mass is 346 g/mol. The van der Waals surface area contributed by atoms with Gasteiger partial charge >= 0.3 is 0 Å². The highest BCUT2D eigenvalue weighted by molar-refractivity contribution is 6.30. The first-order chi connectivity index (χ1) is 11.6. The van der Waals surface area contributed by atoms with Gasteiger partial charge in [0, 0.05) is 11.6 Å². The number of amides is 2. The molecule has 0 aromatic heterocycles. The molecule has 4 aliphatic heterocycles. The number of fused-ring (bicyclic) bond motifs is 8. The molecule has 124 valence electrons. The maximum Gasteiger partial charge on any atom is 0.235 e. The van der Waals surface area contributed by atoms with Crippen LogP contribution in [0.15, 0.2) is 29.4 Å². The van der Waals surface area contributed by atoms with Crippen molar-refractivity contribution in [1.82, 2.24) is 4.90 Å². The van der Waals surface area contributed by atoms with Gasteiger partial charge in [-0.1, -0.05) is 28.9 Å². The van der Waals surface area contributed by atoms with Gasteiger partial charge in [0.05, 0.1) is 29.6 Å². The first-order valence-electron chi connectivity index (χ1n) is 8.12. The van der Waals surface area contributed by atoms with E-state index in [1.54, 1.807) is 12.1 Å². The van der Waals surface area contributed by atoms with Gasteiger partial charge in [0.2, 0.25) is 11.8 Å². The largest absolute Gasteiger partial charge is 0.389 e. The van der Waals surface area contributed by atoms with Crippen LogP contribution < -0.4 is 0 Å². The Kier molecular flexibility index (Phi) is 2.89. The average molecular weight is 347 g/mol. The molecule has 0 spiro atoms. The van der Waals surface area contributed by atoms with E-state index >= 15 is 0 Å². The SMILES string of the molecule is CCN1C(=O)[C@@H]2[C@H]3O[C@@H]([C@@H]4C(c5ccc(Cl)cc5)=NO[C@@H]34)[C@@H]2C1=O. The van der Waals surface area contributed by atoms with Gasteiger partial charge in [0.1, 0.15) is 6.10 Å². The number of hydrogen-bond donors (Lipinski definition) is 0. The van der Waals surface area contributed by atoms with Crippen LogP contribution in [0.3, 0.4) is 0 Å². The Balaban J connectivity index is 1.51. The Labute approximate surface area is 143 Å². The zero-order chi connectivity index (χ0) is 16.6. The third-order valence-corrected chi connectivity index (χ3v) is 5.84. The number of benzene rings is 1. The minimum atomic E-state index is -0.427. The summed E-state index contributed by atoms with van der Waals surface area (Å²) in [6.07, 6.45) is -1.04. The van der Waals surface area contributed by atoms with E-state index < -0.39 is 17.9 Å². The van der Waals surface area contributed by atoms with Gasteiger partial charge in [-0.2, -0.15) is 0 Å². The molecular weight excluding hydrogens is 332 g/mol. The Morgan fingerprint density at radius 1 is 1.04 bits per heavy atom. The molecule has 6 atom stereocenters. The molecule has 4 aliphatic rings. The number of carbonyl (C=O) groups excluding carboxylic acids is 2. The van der Waals surface area contributed by atoms with Crippen LogP contribution in [0.4, 0.5) is 0 Å². The van der Waals surface area contributed by atoms with Crippen molar-refractivity contribution in [2.75, 3.05) is 6.54 Å². The van der Waals surface area contributed by atoms with E-state index in [1.165, 1.54) is 4.90 Å². The normalized spacial score (nSPS) is 39.1. The van der Waals surface area contributed by atoms with Gasteiger partial charge in [0.25, 0.3) is 0 Å². The number of rotatable bonds is 2. The van der Waals surface area contributed by atoms with E-state index in [0.29, 0.717) is 11.6 Å². The Morgan fingerprint density at radius 3 is 2.38 bits per heavy atom. The second kappa shape index (κ2) is 4.80. The molecule has 1 aromatic rings. The van der Waals surface area contributed by atoms with Crippen molar-refractivity contribution in [2.24, 2.45) is 22.9 Å². The van der Waals surface area contributed by atoms with Gasteiger partial charge in [-0.05, 0) is 24.6 Å². The fraction of sp³-hybridized carbons (Fsp3) is 0.471. The third kappa shape index (κ3) is 1.62. The number of imide groups is 1. The van der Waals surface area contributed by atoms with Crippen molar-refractivity contribution in [3.63, 3.8) is 0 Å². The van der Waals surface area contributed by atoms with Gasteiger partial charge in [0.15, 0.2) is 6.10 Å². The number of oxime groups is 1. The first kappa shape index (κ1) is 14.4. The number of hydrogen-bond acceptors (Lipinski definition) is 5. The van der Waals surface area contributed by atoms with Crippen LogP contribution in [0, 0.1) is 17.8 Å². The van der Waals surface area contributed by atoms with Gasteiger partial charge < -0.3 is 9.57 Å². The molecular formula is C17H15ClN2O4. The summed E-state index contributed by atoms with van der Waals surface area (Å²) in [5.41, 5.74) is 1.68. The highest BCUT2D eigenvalue weighted by atomic mass is 35.5. The van der Waals surface area contributed by atoms with Crippen LogP contribution >= 0.6 is 11.6 Å². The van der Waals surface area contributed by atoms with Crippen LogP contribution in [0.2, 0.25) is 5.02 Å². The van der Waals surface area contributed by atoms with Crippen molar-refractivity contribution in [2.45, 2.75) is 25.2 Å². The molecule has 0 N–H and O–H groups in total. The van der Waals surface area contributed by atoms with Crippen molar-refractivity contribution in [3.8, 4) is 0 Å². The molecule has 0 unspecified atom stereocenters. The van der Waals surface area contributed by atoms with Crippen molar-refractivity contribution < 1.29 is 19.2 Å². The molecule has 6 nitrogen and oxygen atoms in total. The second-order valence-electron chi connectivity index (χ2n) is 6.62. The molecule has 2 bridgehead atoms. The topological polar surface area (TPSA) is 68.2 Å². The van der Waals surface area contributed by atoms with Gasteiger partial charge in [-0.3, -0.25) is 14.5 Å². The fourth-order valence-corrected chi connectivity index (χ4v) is 4.72. The van der Waals surface area contributed by atoms with Crippen LogP contribution in [0.5, 0.6) is 0 Å². The van der Waals surface area contributed by atoms with E-state index in [2.05, 4.69) is 5.16 Å². The molecule has 1 aromatic carbocycles. The van der Waals surface area contributed by atoms with Crippen molar-refractivity contribution in [1.29, 1.82) is 0 Å². The predicted molar refractivity (Wildman–Crippen MR) is 84.4 cm³/mol. The molecule has 5 rings (SSSR count). The highest BCUT2D eigenvalue weighted by Gasteiger charge is 2.71. The standard InChI is InChI=1S/C17H15ClN2O4/c1-2-20-16(21)9-10(17(20)22)14-15-11(13(9)23-14)12(19-24-15)7-3-5-8(18)6-4-7/h3-6,9-11,13-15H,2H2,1H3/t9-,10+,11+,13-,14-,15-/m1/s1. The lowest BCUT2D eigenvalue weighted by molar-refractivity contribution is -0.142. The predicted octanol–water partition coefficient (Wildman–Crippen LogP) is 1.46. The van der Waals surface area contributed by atoms with Gasteiger partial charge in [-0.15, -0.1) is 0 Å². The number of halogens is 1. The van der Waals surface area contributed by atoms with Gasteiger partial charge in [-0.25, -0.2) is 0 Å². The number of nitrogens with zero attached hydrogens (tertiary/aromatic N) is 2. The molecule has 24 heavy (non-hydrogen) atoms. The van der Waals surface area contributed by atoms with Crippen LogP contribution in [0.25, 0.3) is 0 Å². The zero-order valence-electron chi connectivity index (χ0n) is 12.9. The quantitative estimate of drug-likeness (QED) is 0.760. The smallest absolute Gasteiger partial charge is 0.235 e. The van der Waals surface area contributed by atoms with E-state index in [0.717, 1.165) is 11.3 Å². The molecule has 3 fully saturated rings. The Hall–Kier alpha value is -1.92. The van der Waals surface area contributed by atoms with E-state index in [9.17, 15) is 9.59 Å². The summed E-state index contributed by atoms with van der Waals surface area (Å²) >= 11 is 5.95. The summed E-state index contributed by atoms with van der Waals surface area (Å²) in [7, 11) is 0. The minimum absolute atomic E-state index is 0.119. The molecule has 4 heterocycles. The van der Waals surface area contributed by atoms with Crippen LogP contribution in [0.1, 0.15) is 12.5 Å². The molecule has 2 amide bonds. The molecule has 0 radical (unpaired) electrons. The Morgan fingerprint density at radius 2 is 1.71 bits per heavy atom. The molecule has 7 heteroatoms. The van der Waals surface area contributed by atoms with Crippen molar-refractivity contribution in [3.05, 3.63) is 34.9 Å². The zero-order valence-corrected chi connectivity index (χ0v) is 13.6. The highest BCUT2D eigenvalue weighted by Crippen LogP contribution is 2.54. The molecule has 0 saturated carbocycles. The summed E-state index contributed by atoms with van der Waals surface area (Å²) in [6.45, 7) is 2.22. The summed E-state index contributed by atoms with van der Waals surface area (Å²) in [5, 5.41) is 4.88. The molecule has 0 aliphatic carbocycles. The summed E-state index contributed by atoms with van der Waals surface area (Å²) in [6, 6.07) is 7.37. The third-order valence-electron chi connectivity index (χ3n) is 5.59. The number of likely N-dealkylation sites (tertiary alicyclic amines) is 1. The lowest BCUT2D eigenvalue weighted by atomic mass is 9.71. The van der Waals surface area contributed by atoms with E-state index in [-0.39, 0.29) is 29.9 Å². The fourth-order valence-electron chi connectivity index (χ4n) is 4.59. The first-order valence-corrected chi connectivity index (χ1v) is 8.50. The van der Waals surface area contributed by atoms with E-state index in [4.69, 9.17) is 21.2 Å². The van der Waals surface area contributed by atoms with E-state index in [1.807, 2.05) is 19.1 Å². The summed E-state index contributed by atoms with van der Waals surface area (Å²) in [4.78, 5) is 32.1. The minimum Gasteiger partial charge on any atom is -0.389 e. The summed E-state index contributed by atoms with van der Waals surface area (Å²) < 4.78 is 6.02. The Bertz CT molecular complexity index is 777. The average Bonchev–Trinajstić information content (AvgIpc) is 3.29. The van der Waals surface area contributed by atoms with Crippen molar-refractivity contribution >= 4 is 29.1 Å². The lowest BCUT2D eigenvalue weighted by Crippen LogP contribution is -2.45. The number of ether oxygens (including phenoxy) is 1. The number of carbonyl (C=O) groups is 2. The summed E-state index contributed by atoms with van der Waals surface area (Å²) in [5.74, 6) is -1.22. The lowest BCUT2D eigenvalue weighted by Gasteiger charge is -2.26. The molecule has 3 saturated heterocycles. The maximum atomic E-state index is 12.6. The maximum absolute atomic E-state index is 12.6.